The third-order valence-electron chi connectivity index (χ3n) is 16.2. The molecule has 0 aliphatic carbocycles. The number of esters is 1. The Kier molecular flexibility index (Phi) is 64.4. The molecule has 0 saturated heterocycles. The van der Waals surface area contributed by atoms with E-state index in [1.54, 1.807) is 6.08 Å². The Morgan fingerprint density at radius 3 is 0.934 bits per heavy atom. The van der Waals surface area contributed by atoms with Gasteiger partial charge in [0.05, 0.1) is 25.4 Å². The van der Waals surface area contributed by atoms with E-state index in [0.29, 0.717) is 19.4 Å². The molecule has 450 valence electrons. The highest BCUT2D eigenvalue weighted by Gasteiger charge is 2.18. The number of rotatable bonds is 65. The maximum absolute atomic E-state index is 12.5. The Morgan fingerprint density at radius 1 is 0.355 bits per heavy atom. The molecule has 0 radical (unpaired) electrons. The number of aliphatic hydroxyl groups excluding tert-OH is 2. The van der Waals surface area contributed by atoms with Crippen molar-refractivity contribution in [3.05, 3.63) is 24.3 Å². The van der Waals surface area contributed by atoms with Gasteiger partial charge in [-0.1, -0.05) is 340 Å². The van der Waals surface area contributed by atoms with Crippen LogP contribution in [0.15, 0.2) is 24.3 Å². The fraction of sp³-hybridized carbons (Fsp3) is 0.914. The van der Waals surface area contributed by atoms with Crippen molar-refractivity contribution in [2.75, 3.05) is 13.2 Å². The lowest BCUT2D eigenvalue weighted by Gasteiger charge is -2.20. The molecule has 0 aromatic carbocycles. The van der Waals surface area contributed by atoms with Crippen molar-refractivity contribution in [1.82, 2.24) is 5.32 Å². The van der Waals surface area contributed by atoms with Gasteiger partial charge in [-0.15, -0.1) is 0 Å². The highest BCUT2D eigenvalue weighted by Crippen LogP contribution is 2.18. The SMILES string of the molecule is CCCCCCCCCCCCCCCCCCCCCC/C=C/C(O)C(CO)NC(=O)CCCCCCCCC/C=C\CCCCCCCCCCOC(=O)CCCCCCCCCCCCCCCCCCCC. The minimum absolute atomic E-state index is 0.00848. The number of ether oxygens (including phenoxy) is 1. The molecule has 6 heteroatoms. The fourth-order valence-electron chi connectivity index (χ4n) is 10.9. The molecule has 0 heterocycles. The van der Waals surface area contributed by atoms with Crippen molar-refractivity contribution in [1.29, 1.82) is 0 Å². The second kappa shape index (κ2) is 65.9. The van der Waals surface area contributed by atoms with Gasteiger partial charge in [-0.25, -0.2) is 0 Å². The van der Waals surface area contributed by atoms with Crippen LogP contribution in [-0.4, -0.2) is 47.4 Å². The molecule has 0 aliphatic rings. The van der Waals surface area contributed by atoms with Crippen LogP contribution in [0.25, 0.3) is 0 Å². The molecule has 0 bridgehead atoms. The lowest BCUT2D eigenvalue weighted by molar-refractivity contribution is -0.143. The first kappa shape index (κ1) is 74.3. The zero-order valence-electron chi connectivity index (χ0n) is 51.5. The average Bonchev–Trinajstić information content (AvgIpc) is 3.42. The molecule has 2 unspecified atom stereocenters. The second-order valence-electron chi connectivity index (χ2n) is 23.9. The lowest BCUT2D eigenvalue weighted by Crippen LogP contribution is -2.45. The maximum Gasteiger partial charge on any atom is 0.305 e. The van der Waals surface area contributed by atoms with Crippen molar-refractivity contribution in [3.8, 4) is 0 Å². The minimum Gasteiger partial charge on any atom is -0.466 e. The molecule has 3 N–H and O–H groups in total. The molecule has 0 fully saturated rings. The summed E-state index contributed by atoms with van der Waals surface area (Å²) < 4.78 is 5.50. The summed E-state index contributed by atoms with van der Waals surface area (Å²) in [5, 5.41) is 23.2. The van der Waals surface area contributed by atoms with Crippen LogP contribution in [0.3, 0.4) is 0 Å². The highest BCUT2D eigenvalue weighted by molar-refractivity contribution is 5.76. The van der Waals surface area contributed by atoms with Crippen LogP contribution in [0.5, 0.6) is 0 Å². The zero-order valence-corrected chi connectivity index (χ0v) is 51.5. The van der Waals surface area contributed by atoms with Crippen molar-refractivity contribution < 1.29 is 24.5 Å². The van der Waals surface area contributed by atoms with Gasteiger partial charge in [0.1, 0.15) is 0 Å². The smallest absolute Gasteiger partial charge is 0.305 e. The molecule has 1 amide bonds. The molecule has 0 aromatic heterocycles. The van der Waals surface area contributed by atoms with Crippen LogP contribution in [0.1, 0.15) is 386 Å². The Bertz CT molecular complexity index is 1190. The van der Waals surface area contributed by atoms with Crippen LogP contribution in [-0.2, 0) is 14.3 Å². The van der Waals surface area contributed by atoms with Crippen molar-refractivity contribution in [3.63, 3.8) is 0 Å². The van der Waals surface area contributed by atoms with Gasteiger partial charge in [0.15, 0.2) is 0 Å². The Labute approximate surface area is 475 Å². The quantitative estimate of drug-likeness (QED) is 0.0320. The van der Waals surface area contributed by atoms with E-state index in [1.165, 1.54) is 315 Å². The van der Waals surface area contributed by atoms with Gasteiger partial charge in [0, 0.05) is 12.8 Å². The molecule has 0 spiro atoms. The normalized spacial score (nSPS) is 12.6. The van der Waals surface area contributed by atoms with E-state index in [-0.39, 0.29) is 18.5 Å². The first-order chi connectivity index (χ1) is 37.5. The van der Waals surface area contributed by atoms with Crippen LogP contribution in [0.2, 0.25) is 0 Å². The number of aliphatic hydroxyl groups is 2. The van der Waals surface area contributed by atoms with E-state index in [0.717, 1.165) is 44.9 Å². The first-order valence-corrected chi connectivity index (χ1v) is 34.6. The van der Waals surface area contributed by atoms with E-state index in [1.807, 2.05) is 6.08 Å². The average molecular weight is 1070 g/mol. The number of hydrogen-bond acceptors (Lipinski definition) is 5. The van der Waals surface area contributed by atoms with Gasteiger partial charge in [-0.3, -0.25) is 9.59 Å². The third-order valence-corrected chi connectivity index (χ3v) is 16.2. The van der Waals surface area contributed by atoms with Gasteiger partial charge in [0.25, 0.3) is 0 Å². The van der Waals surface area contributed by atoms with Gasteiger partial charge in [0.2, 0.25) is 5.91 Å². The number of allylic oxidation sites excluding steroid dienone is 3. The van der Waals surface area contributed by atoms with E-state index < -0.39 is 12.1 Å². The molecule has 6 nitrogen and oxygen atoms in total. The molecule has 0 aliphatic heterocycles. The molecule has 0 aromatic rings. The number of carbonyl (C=O) groups is 2. The largest absolute Gasteiger partial charge is 0.466 e. The number of unbranched alkanes of at least 4 members (excludes halogenated alkanes) is 52. The van der Waals surface area contributed by atoms with Crippen LogP contribution >= 0.6 is 0 Å². The third kappa shape index (κ3) is 61.6. The van der Waals surface area contributed by atoms with E-state index in [2.05, 4.69) is 31.3 Å². The highest BCUT2D eigenvalue weighted by atomic mass is 16.5. The van der Waals surface area contributed by atoms with E-state index in [4.69, 9.17) is 4.74 Å². The summed E-state index contributed by atoms with van der Waals surface area (Å²) in [7, 11) is 0. The summed E-state index contributed by atoms with van der Waals surface area (Å²) in [6.07, 6.45) is 82.4. The monoisotopic (exact) mass is 1070 g/mol. The summed E-state index contributed by atoms with van der Waals surface area (Å²) in [6, 6.07) is -0.636. The molecule has 0 rings (SSSR count). The number of carbonyl (C=O) groups excluding carboxylic acids is 2. The summed E-state index contributed by atoms with van der Waals surface area (Å²) >= 11 is 0. The topological polar surface area (TPSA) is 95.9 Å². The van der Waals surface area contributed by atoms with Gasteiger partial charge >= 0.3 is 5.97 Å². The van der Waals surface area contributed by atoms with E-state index in [9.17, 15) is 19.8 Å². The van der Waals surface area contributed by atoms with Crippen molar-refractivity contribution >= 4 is 11.9 Å². The predicted octanol–water partition coefficient (Wildman–Crippen LogP) is 22.1. The second-order valence-corrected chi connectivity index (χ2v) is 23.9. The zero-order chi connectivity index (χ0) is 55.0. The van der Waals surface area contributed by atoms with Gasteiger partial charge < -0.3 is 20.3 Å². The van der Waals surface area contributed by atoms with Gasteiger partial charge in [-0.05, 0) is 57.8 Å². The Hall–Kier alpha value is -1.66. The summed E-state index contributed by atoms with van der Waals surface area (Å²) in [5.74, 6) is -0.0651. The minimum atomic E-state index is -0.852. The molecular formula is C70H135NO5. The number of hydrogen-bond donors (Lipinski definition) is 3. The number of nitrogens with one attached hydrogen (secondary N) is 1. The predicted molar refractivity (Wildman–Crippen MR) is 333 cm³/mol. The van der Waals surface area contributed by atoms with Crippen LogP contribution in [0, 0.1) is 0 Å². The molecular weight excluding hydrogens is 935 g/mol. The van der Waals surface area contributed by atoms with Crippen molar-refractivity contribution in [2.45, 2.75) is 398 Å². The van der Waals surface area contributed by atoms with Crippen molar-refractivity contribution in [2.24, 2.45) is 0 Å². The standard InChI is InChI=1S/C70H135NO5/c1-3-5-7-9-11-13-15-17-19-21-23-24-25-27-30-34-38-42-46-50-54-58-62-68(73)67(66-72)71-69(74)63-59-55-51-47-43-39-35-31-28-26-29-33-37-41-45-49-53-57-61-65-76-70(75)64-60-56-52-48-44-40-36-32-22-20-18-16-14-12-10-8-6-4-2/h26,28,58,62,67-68,72-73H,3-25,27,29-57,59-61,63-66H2,1-2H3,(H,71,74)/b28-26-,62-58+. The Balaban J connectivity index is 3.44. The van der Waals surface area contributed by atoms with Gasteiger partial charge in [-0.2, -0.15) is 0 Å². The van der Waals surface area contributed by atoms with Crippen LogP contribution < -0.4 is 5.32 Å². The molecule has 76 heavy (non-hydrogen) atoms. The van der Waals surface area contributed by atoms with E-state index >= 15 is 0 Å². The summed E-state index contributed by atoms with van der Waals surface area (Å²) in [6.45, 7) is 4.93. The van der Waals surface area contributed by atoms with Crippen LogP contribution in [0.4, 0.5) is 0 Å². The number of amides is 1. The summed E-state index contributed by atoms with van der Waals surface area (Å²) in [5.41, 5.74) is 0. The lowest BCUT2D eigenvalue weighted by atomic mass is 10.0. The summed E-state index contributed by atoms with van der Waals surface area (Å²) in [4.78, 5) is 24.6. The maximum atomic E-state index is 12.5. The Morgan fingerprint density at radius 2 is 0.618 bits per heavy atom. The molecule has 2 atom stereocenters. The first-order valence-electron chi connectivity index (χ1n) is 34.6. The fourth-order valence-corrected chi connectivity index (χ4v) is 10.9. The molecule has 0 saturated carbocycles.